The van der Waals surface area contributed by atoms with E-state index in [2.05, 4.69) is 29.2 Å². The molecule has 0 bridgehead atoms. The molecule has 0 saturated carbocycles. The molecular weight excluding hydrogens is 302 g/mol. The lowest BCUT2D eigenvalue weighted by Gasteiger charge is -2.08. The monoisotopic (exact) mass is 321 g/mol. The lowest BCUT2D eigenvalue weighted by atomic mass is 10.0. The number of hydrogen-bond acceptors (Lipinski definition) is 3. The van der Waals surface area contributed by atoms with Crippen molar-refractivity contribution in [2.24, 2.45) is 0 Å². The highest BCUT2D eigenvalue weighted by atomic mass is 32.2. The Morgan fingerprint density at radius 3 is 2.22 bits per heavy atom. The molecular formula is C20H19NOS. The van der Waals surface area contributed by atoms with Gasteiger partial charge in [0.2, 0.25) is 0 Å². The largest absolute Gasteiger partial charge is 0.507 e. The molecule has 0 amide bonds. The van der Waals surface area contributed by atoms with Gasteiger partial charge in [-0.05, 0) is 60.9 Å². The van der Waals surface area contributed by atoms with Gasteiger partial charge in [0.25, 0.3) is 0 Å². The SMILES string of the molecule is Cc1cc(-c2ccc(CSc3ccccc3)nc2)cc(C)c1O. The highest BCUT2D eigenvalue weighted by Crippen LogP contribution is 2.29. The molecule has 23 heavy (non-hydrogen) atoms. The van der Waals surface area contributed by atoms with Gasteiger partial charge in [0.1, 0.15) is 5.75 Å². The maximum atomic E-state index is 9.88. The van der Waals surface area contributed by atoms with Crippen LogP contribution in [-0.4, -0.2) is 10.1 Å². The number of aryl methyl sites for hydroxylation is 2. The second-order valence-electron chi connectivity index (χ2n) is 5.60. The Balaban J connectivity index is 1.74. The summed E-state index contributed by atoms with van der Waals surface area (Å²) >= 11 is 1.79. The summed E-state index contributed by atoms with van der Waals surface area (Å²) in [5, 5.41) is 9.88. The molecule has 0 radical (unpaired) electrons. The third-order valence-corrected chi connectivity index (χ3v) is 4.82. The Labute approximate surface area is 141 Å². The number of phenolic OH excluding ortho intramolecular Hbond substituents is 1. The van der Waals surface area contributed by atoms with Crippen LogP contribution in [0.3, 0.4) is 0 Å². The summed E-state index contributed by atoms with van der Waals surface area (Å²) in [5.41, 5.74) is 5.01. The predicted octanol–water partition coefficient (Wildman–Crippen LogP) is 5.36. The van der Waals surface area contributed by atoms with Crippen LogP contribution in [0.4, 0.5) is 0 Å². The number of phenols is 1. The van der Waals surface area contributed by atoms with E-state index in [-0.39, 0.29) is 0 Å². The molecule has 1 aromatic heterocycles. The van der Waals surface area contributed by atoms with E-state index >= 15 is 0 Å². The molecule has 3 rings (SSSR count). The fourth-order valence-electron chi connectivity index (χ4n) is 2.48. The van der Waals surface area contributed by atoms with E-state index in [0.29, 0.717) is 5.75 Å². The van der Waals surface area contributed by atoms with Crippen LogP contribution < -0.4 is 0 Å². The molecule has 0 atom stereocenters. The van der Waals surface area contributed by atoms with Gasteiger partial charge in [0.15, 0.2) is 0 Å². The predicted molar refractivity (Wildman–Crippen MR) is 96.8 cm³/mol. The normalized spacial score (nSPS) is 10.7. The zero-order valence-electron chi connectivity index (χ0n) is 13.3. The molecule has 3 heteroatoms. The van der Waals surface area contributed by atoms with Crippen molar-refractivity contribution < 1.29 is 5.11 Å². The molecule has 0 unspecified atom stereocenters. The molecule has 2 aromatic carbocycles. The second-order valence-corrected chi connectivity index (χ2v) is 6.65. The van der Waals surface area contributed by atoms with Gasteiger partial charge in [-0.2, -0.15) is 0 Å². The summed E-state index contributed by atoms with van der Waals surface area (Å²) < 4.78 is 0. The summed E-state index contributed by atoms with van der Waals surface area (Å²) in [4.78, 5) is 5.82. The van der Waals surface area contributed by atoms with Gasteiger partial charge in [-0.1, -0.05) is 24.3 Å². The number of pyridine rings is 1. The van der Waals surface area contributed by atoms with Crippen molar-refractivity contribution in [2.45, 2.75) is 24.5 Å². The van der Waals surface area contributed by atoms with Crippen LogP contribution in [-0.2, 0) is 5.75 Å². The van der Waals surface area contributed by atoms with Crippen molar-refractivity contribution >= 4 is 11.8 Å². The number of aromatic hydroxyl groups is 1. The number of aromatic nitrogens is 1. The minimum atomic E-state index is 0.373. The molecule has 0 aliphatic carbocycles. The number of hydrogen-bond donors (Lipinski definition) is 1. The van der Waals surface area contributed by atoms with Crippen LogP contribution >= 0.6 is 11.8 Å². The van der Waals surface area contributed by atoms with Crippen molar-refractivity contribution in [1.82, 2.24) is 4.98 Å². The first-order chi connectivity index (χ1) is 11.1. The van der Waals surface area contributed by atoms with E-state index in [1.54, 1.807) is 11.8 Å². The smallest absolute Gasteiger partial charge is 0.121 e. The van der Waals surface area contributed by atoms with Crippen LogP contribution in [0, 0.1) is 13.8 Å². The third-order valence-electron chi connectivity index (χ3n) is 3.78. The highest BCUT2D eigenvalue weighted by molar-refractivity contribution is 7.98. The molecule has 3 aromatic rings. The highest BCUT2D eigenvalue weighted by Gasteiger charge is 2.06. The van der Waals surface area contributed by atoms with Crippen molar-refractivity contribution in [3.8, 4) is 16.9 Å². The molecule has 116 valence electrons. The first-order valence-electron chi connectivity index (χ1n) is 7.57. The number of rotatable bonds is 4. The standard InChI is InChI=1S/C20H19NOS/c1-14-10-17(11-15(2)20(14)22)16-8-9-18(21-12-16)13-23-19-6-4-3-5-7-19/h3-12,22H,13H2,1-2H3. The molecule has 0 spiro atoms. The average Bonchev–Trinajstić information content (AvgIpc) is 2.59. The molecule has 1 N–H and O–H groups in total. The lowest BCUT2D eigenvalue weighted by molar-refractivity contribution is 0.467. The van der Waals surface area contributed by atoms with E-state index in [9.17, 15) is 5.11 Å². The van der Waals surface area contributed by atoms with E-state index in [4.69, 9.17) is 0 Å². The van der Waals surface area contributed by atoms with Crippen LogP contribution in [0.25, 0.3) is 11.1 Å². The molecule has 0 saturated heterocycles. The summed E-state index contributed by atoms with van der Waals surface area (Å²) in [5.74, 6) is 1.23. The minimum Gasteiger partial charge on any atom is -0.507 e. The molecule has 0 aliphatic heterocycles. The Morgan fingerprint density at radius 1 is 0.913 bits per heavy atom. The fraction of sp³-hybridized carbons (Fsp3) is 0.150. The third kappa shape index (κ3) is 3.74. The molecule has 0 fully saturated rings. The van der Waals surface area contributed by atoms with Gasteiger partial charge in [-0.15, -0.1) is 11.8 Å². The Hall–Kier alpha value is -2.26. The number of benzene rings is 2. The van der Waals surface area contributed by atoms with Gasteiger partial charge in [-0.25, -0.2) is 0 Å². The summed E-state index contributed by atoms with van der Waals surface area (Å²) in [6.45, 7) is 3.84. The van der Waals surface area contributed by atoms with E-state index in [1.807, 2.05) is 50.4 Å². The Bertz CT molecular complexity index is 775. The summed E-state index contributed by atoms with van der Waals surface area (Å²) in [6.07, 6.45) is 1.91. The summed E-state index contributed by atoms with van der Waals surface area (Å²) in [6, 6.07) is 18.5. The van der Waals surface area contributed by atoms with Gasteiger partial charge < -0.3 is 5.11 Å². The van der Waals surface area contributed by atoms with Crippen molar-refractivity contribution in [1.29, 1.82) is 0 Å². The summed E-state index contributed by atoms with van der Waals surface area (Å²) in [7, 11) is 0. The van der Waals surface area contributed by atoms with Crippen LogP contribution in [0.2, 0.25) is 0 Å². The number of thioether (sulfide) groups is 1. The molecule has 2 nitrogen and oxygen atoms in total. The van der Waals surface area contributed by atoms with Crippen LogP contribution in [0.5, 0.6) is 5.75 Å². The number of nitrogens with zero attached hydrogens (tertiary/aromatic N) is 1. The maximum Gasteiger partial charge on any atom is 0.121 e. The van der Waals surface area contributed by atoms with Gasteiger partial charge in [0, 0.05) is 22.4 Å². The maximum absolute atomic E-state index is 9.88. The van der Waals surface area contributed by atoms with E-state index < -0.39 is 0 Å². The van der Waals surface area contributed by atoms with Crippen LogP contribution in [0.15, 0.2) is 65.7 Å². The molecule has 0 aliphatic rings. The van der Waals surface area contributed by atoms with Gasteiger partial charge >= 0.3 is 0 Å². The zero-order valence-corrected chi connectivity index (χ0v) is 14.1. The lowest BCUT2D eigenvalue weighted by Crippen LogP contribution is -1.89. The fourth-order valence-corrected chi connectivity index (χ4v) is 3.31. The Kier molecular flexibility index (Phi) is 4.68. The zero-order chi connectivity index (χ0) is 16.2. The van der Waals surface area contributed by atoms with Gasteiger partial charge in [-0.3, -0.25) is 4.98 Å². The second kappa shape index (κ2) is 6.88. The quantitative estimate of drug-likeness (QED) is 0.656. The first kappa shape index (κ1) is 15.6. The average molecular weight is 321 g/mol. The van der Waals surface area contributed by atoms with Crippen molar-refractivity contribution in [3.63, 3.8) is 0 Å². The molecule has 1 heterocycles. The topological polar surface area (TPSA) is 33.1 Å². The Morgan fingerprint density at radius 2 is 1.61 bits per heavy atom. The van der Waals surface area contributed by atoms with Crippen molar-refractivity contribution in [2.75, 3.05) is 0 Å². The van der Waals surface area contributed by atoms with E-state index in [1.165, 1.54) is 4.90 Å². The first-order valence-corrected chi connectivity index (χ1v) is 8.55. The van der Waals surface area contributed by atoms with Crippen LogP contribution in [0.1, 0.15) is 16.8 Å². The van der Waals surface area contributed by atoms with E-state index in [0.717, 1.165) is 33.7 Å². The van der Waals surface area contributed by atoms with Crippen molar-refractivity contribution in [3.05, 3.63) is 77.6 Å². The van der Waals surface area contributed by atoms with Gasteiger partial charge in [0.05, 0.1) is 5.69 Å². The minimum absolute atomic E-state index is 0.373.